The van der Waals surface area contributed by atoms with Gasteiger partial charge < -0.3 is 15.7 Å². The fourth-order valence-electron chi connectivity index (χ4n) is 2.66. The van der Waals surface area contributed by atoms with Crippen molar-refractivity contribution in [3.63, 3.8) is 0 Å². The van der Waals surface area contributed by atoms with E-state index in [0.29, 0.717) is 25.8 Å². The summed E-state index contributed by atoms with van der Waals surface area (Å²) in [5, 5.41) is 17.7. The number of hydrogen-bond donors (Lipinski definition) is 3. The van der Waals surface area contributed by atoms with Gasteiger partial charge in [-0.15, -0.1) is 11.3 Å². The van der Waals surface area contributed by atoms with E-state index in [1.807, 2.05) is 12.3 Å². The molecule has 0 saturated heterocycles. The lowest BCUT2D eigenvalue weighted by Crippen LogP contribution is -2.45. The van der Waals surface area contributed by atoms with Crippen LogP contribution in [-0.4, -0.2) is 35.2 Å². The van der Waals surface area contributed by atoms with Crippen molar-refractivity contribution in [3.05, 3.63) is 16.1 Å². The van der Waals surface area contributed by atoms with Crippen molar-refractivity contribution in [1.82, 2.24) is 15.6 Å². The molecule has 0 bridgehead atoms. The average molecular weight is 311 g/mol. The number of carbonyl (C=O) groups is 2. The third-order valence-corrected chi connectivity index (χ3v) is 4.76. The van der Waals surface area contributed by atoms with Gasteiger partial charge in [0.25, 0.3) is 0 Å². The minimum Gasteiger partial charge on any atom is -0.481 e. The van der Waals surface area contributed by atoms with Crippen LogP contribution < -0.4 is 10.6 Å². The predicted octanol–water partition coefficient (Wildman–Crippen LogP) is 1.94. The Morgan fingerprint density at radius 3 is 2.67 bits per heavy atom. The second-order valence-corrected chi connectivity index (χ2v) is 6.57. The summed E-state index contributed by atoms with van der Waals surface area (Å²) in [6, 6.07) is -0.311. The van der Waals surface area contributed by atoms with Gasteiger partial charge in [-0.25, -0.2) is 9.78 Å². The van der Waals surface area contributed by atoms with Gasteiger partial charge in [-0.3, -0.25) is 4.79 Å². The van der Waals surface area contributed by atoms with Gasteiger partial charge in [0.15, 0.2) is 0 Å². The number of hydrogen-bond acceptors (Lipinski definition) is 4. The van der Waals surface area contributed by atoms with Gasteiger partial charge in [-0.1, -0.05) is 12.8 Å². The van der Waals surface area contributed by atoms with Crippen LogP contribution in [-0.2, 0) is 11.2 Å². The van der Waals surface area contributed by atoms with Crippen LogP contribution in [0.3, 0.4) is 0 Å². The van der Waals surface area contributed by atoms with E-state index in [2.05, 4.69) is 15.6 Å². The van der Waals surface area contributed by atoms with Crippen LogP contribution in [0.15, 0.2) is 5.38 Å². The van der Waals surface area contributed by atoms with Crippen molar-refractivity contribution in [2.75, 3.05) is 13.1 Å². The second-order valence-electron chi connectivity index (χ2n) is 5.51. The molecule has 1 heterocycles. The Kier molecular flexibility index (Phi) is 5.17. The molecule has 21 heavy (non-hydrogen) atoms. The SMILES string of the molecule is Cc1nc(CCNC(=O)NCC2(C(=O)O)CCCC2)cs1. The number of aromatic nitrogens is 1. The van der Waals surface area contributed by atoms with Crippen LogP contribution in [0, 0.1) is 12.3 Å². The van der Waals surface area contributed by atoms with Gasteiger partial charge in [-0.05, 0) is 19.8 Å². The molecule has 1 aromatic rings. The Balaban J connectivity index is 1.71. The molecule has 1 aromatic heterocycles. The largest absolute Gasteiger partial charge is 0.481 e. The summed E-state index contributed by atoms with van der Waals surface area (Å²) in [5.74, 6) is -0.807. The lowest BCUT2D eigenvalue weighted by molar-refractivity contribution is -0.148. The highest BCUT2D eigenvalue weighted by Crippen LogP contribution is 2.37. The van der Waals surface area contributed by atoms with Gasteiger partial charge in [-0.2, -0.15) is 0 Å². The molecule has 3 N–H and O–H groups in total. The first-order valence-electron chi connectivity index (χ1n) is 7.18. The zero-order chi connectivity index (χ0) is 15.3. The van der Waals surface area contributed by atoms with Crippen molar-refractivity contribution >= 4 is 23.3 Å². The maximum absolute atomic E-state index is 11.7. The van der Waals surface area contributed by atoms with Crippen LogP contribution >= 0.6 is 11.3 Å². The second kappa shape index (κ2) is 6.89. The van der Waals surface area contributed by atoms with Gasteiger partial charge in [0.2, 0.25) is 0 Å². The molecule has 1 saturated carbocycles. The molecule has 0 unspecified atom stereocenters. The van der Waals surface area contributed by atoms with Gasteiger partial charge >= 0.3 is 12.0 Å². The maximum atomic E-state index is 11.7. The third-order valence-electron chi connectivity index (χ3n) is 3.93. The van der Waals surface area contributed by atoms with E-state index in [1.165, 1.54) is 0 Å². The highest BCUT2D eigenvalue weighted by atomic mass is 32.1. The minimum atomic E-state index is -0.807. The summed E-state index contributed by atoms with van der Waals surface area (Å²) >= 11 is 1.59. The molecule has 0 radical (unpaired) electrons. The molecule has 6 nitrogen and oxygen atoms in total. The number of amides is 2. The first kappa shape index (κ1) is 15.8. The summed E-state index contributed by atoms with van der Waals surface area (Å²) in [6.45, 7) is 2.64. The molecule has 116 valence electrons. The van der Waals surface area contributed by atoms with Gasteiger partial charge in [0.05, 0.1) is 16.1 Å². The number of aryl methyl sites for hydroxylation is 1. The molecule has 1 fully saturated rings. The zero-order valence-electron chi connectivity index (χ0n) is 12.1. The molecule has 0 spiro atoms. The van der Waals surface area contributed by atoms with Gasteiger partial charge in [0.1, 0.15) is 0 Å². The number of rotatable bonds is 6. The predicted molar refractivity (Wildman–Crippen MR) is 80.5 cm³/mol. The van der Waals surface area contributed by atoms with E-state index < -0.39 is 11.4 Å². The van der Waals surface area contributed by atoms with Crippen LogP contribution in [0.2, 0.25) is 0 Å². The van der Waals surface area contributed by atoms with E-state index >= 15 is 0 Å². The van der Waals surface area contributed by atoms with Crippen molar-refractivity contribution < 1.29 is 14.7 Å². The molecular formula is C14H21N3O3S. The summed E-state index contributed by atoms with van der Waals surface area (Å²) < 4.78 is 0. The van der Waals surface area contributed by atoms with Crippen molar-refractivity contribution in [2.24, 2.45) is 5.41 Å². The number of nitrogens with one attached hydrogen (secondary N) is 2. The Labute approximate surface area is 128 Å². The number of thiazole rings is 1. The topological polar surface area (TPSA) is 91.3 Å². The fraction of sp³-hybridized carbons (Fsp3) is 0.643. The lowest BCUT2D eigenvalue weighted by Gasteiger charge is -2.23. The highest BCUT2D eigenvalue weighted by Gasteiger charge is 2.41. The minimum absolute atomic E-state index is 0.198. The first-order valence-corrected chi connectivity index (χ1v) is 8.06. The summed E-state index contributed by atoms with van der Waals surface area (Å²) in [5.41, 5.74) is 0.194. The Bertz CT molecular complexity index is 509. The molecule has 2 rings (SSSR count). The lowest BCUT2D eigenvalue weighted by atomic mass is 9.86. The first-order chi connectivity index (χ1) is 10.0. The van der Waals surface area contributed by atoms with Crippen molar-refractivity contribution in [2.45, 2.75) is 39.0 Å². The van der Waals surface area contributed by atoms with Crippen molar-refractivity contribution in [3.8, 4) is 0 Å². The van der Waals surface area contributed by atoms with E-state index in [0.717, 1.165) is 23.5 Å². The van der Waals surface area contributed by atoms with Crippen LogP contribution in [0.25, 0.3) is 0 Å². The van der Waals surface area contributed by atoms with E-state index in [1.54, 1.807) is 11.3 Å². The molecule has 0 aliphatic heterocycles. The smallest absolute Gasteiger partial charge is 0.314 e. The molecule has 2 amide bonds. The molecule has 1 aliphatic rings. The normalized spacial score (nSPS) is 16.6. The molecule has 1 aliphatic carbocycles. The number of urea groups is 1. The van der Waals surface area contributed by atoms with E-state index in [-0.39, 0.29) is 12.6 Å². The number of nitrogens with zero attached hydrogens (tertiary/aromatic N) is 1. The van der Waals surface area contributed by atoms with E-state index in [9.17, 15) is 14.7 Å². The molecule has 0 atom stereocenters. The Morgan fingerprint density at radius 2 is 2.10 bits per heavy atom. The number of carbonyl (C=O) groups excluding carboxylic acids is 1. The maximum Gasteiger partial charge on any atom is 0.314 e. The number of carboxylic acid groups (broad SMARTS) is 1. The molecular weight excluding hydrogens is 290 g/mol. The number of carboxylic acids is 1. The monoisotopic (exact) mass is 311 g/mol. The third kappa shape index (κ3) is 4.17. The van der Waals surface area contributed by atoms with Crippen LogP contribution in [0.5, 0.6) is 0 Å². The summed E-state index contributed by atoms with van der Waals surface area (Å²) in [4.78, 5) is 27.4. The summed E-state index contributed by atoms with van der Waals surface area (Å²) in [6.07, 6.45) is 3.79. The molecule has 7 heteroatoms. The standard InChI is InChI=1S/C14H21N3O3S/c1-10-17-11(8-21-10)4-7-15-13(20)16-9-14(12(18)19)5-2-3-6-14/h8H,2-7,9H2,1H3,(H,18,19)(H2,15,16,20). The average Bonchev–Trinajstić information content (AvgIpc) is 3.06. The number of aliphatic carboxylic acids is 1. The van der Waals surface area contributed by atoms with E-state index in [4.69, 9.17) is 0 Å². The van der Waals surface area contributed by atoms with Crippen molar-refractivity contribution in [1.29, 1.82) is 0 Å². The van der Waals surface area contributed by atoms with Crippen LogP contribution in [0.4, 0.5) is 4.79 Å². The zero-order valence-corrected chi connectivity index (χ0v) is 13.0. The molecule has 0 aromatic carbocycles. The Hall–Kier alpha value is -1.63. The Morgan fingerprint density at radius 1 is 1.38 bits per heavy atom. The summed E-state index contributed by atoms with van der Waals surface area (Å²) in [7, 11) is 0. The highest BCUT2D eigenvalue weighted by molar-refractivity contribution is 7.09. The van der Waals surface area contributed by atoms with Crippen LogP contribution in [0.1, 0.15) is 36.4 Å². The fourth-order valence-corrected chi connectivity index (χ4v) is 3.30. The van der Waals surface area contributed by atoms with Gasteiger partial charge in [0, 0.05) is 24.9 Å². The quantitative estimate of drug-likeness (QED) is 0.748.